The number of halogens is 1. The molecule has 178 valence electrons. The van der Waals surface area contributed by atoms with Crippen LogP contribution in [0.3, 0.4) is 0 Å². The number of hydrogen-bond acceptors (Lipinski definition) is 6. The molecule has 0 aliphatic carbocycles. The van der Waals surface area contributed by atoms with Gasteiger partial charge in [0.2, 0.25) is 5.78 Å². The van der Waals surface area contributed by atoms with Crippen molar-refractivity contribution in [1.29, 1.82) is 0 Å². The predicted molar refractivity (Wildman–Crippen MR) is 132 cm³/mol. The Kier molecular flexibility index (Phi) is 5.52. The first-order valence-electron chi connectivity index (χ1n) is 11.5. The topological polar surface area (TPSA) is 57.2 Å². The highest BCUT2D eigenvalue weighted by molar-refractivity contribution is 6.31. The molecular weight excluding hydrogens is 466 g/mol. The molecule has 0 saturated heterocycles. The second-order valence-corrected chi connectivity index (χ2v) is 9.59. The summed E-state index contributed by atoms with van der Waals surface area (Å²) in [6.07, 6.45) is 1.71. The van der Waals surface area contributed by atoms with E-state index in [2.05, 4.69) is 36.1 Å². The highest BCUT2D eigenvalue weighted by Crippen LogP contribution is 2.45. The van der Waals surface area contributed by atoms with Crippen molar-refractivity contribution in [3.8, 4) is 17.2 Å². The van der Waals surface area contributed by atoms with E-state index >= 15 is 0 Å². The van der Waals surface area contributed by atoms with Crippen molar-refractivity contribution in [3.05, 3.63) is 92.2 Å². The van der Waals surface area contributed by atoms with Gasteiger partial charge < -0.3 is 18.9 Å². The van der Waals surface area contributed by atoms with Crippen LogP contribution in [0.1, 0.15) is 43.7 Å². The lowest BCUT2D eigenvalue weighted by atomic mass is 9.98. The molecule has 7 heteroatoms. The molecule has 0 atom stereocenters. The summed E-state index contributed by atoms with van der Waals surface area (Å²) in [5.74, 6) is 2.08. The van der Waals surface area contributed by atoms with Crippen LogP contribution in [0.15, 0.2) is 48.2 Å². The van der Waals surface area contributed by atoms with Crippen molar-refractivity contribution in [3.63, 3.8) is 0 Å². The molecule has 0 saturated carbocycles. The molecule has 6 nitrogen and oxygen atoms in total. The molecule has 3 aliphatic heterocycles. The van der Waals surface area contributed by atoms with Gasteiger partial charge in [-0.05, 0) is 49.2 Å². The molecule has 0 radical (unpaired) electrons. The summed E-state index contributed by atoms with van der Waals surface area (Å²) in [6, 6.07) is 14.0. The maximum absolute atomic E-state index is 13.4. The molecule has 0 aromatic heterocycles. The molecule has 0 unspecified atom stereocenters. The maximum Gasteiger partial charge on any atom is 0.232 e. The minimum absolute atomic E-state index is 0.153. The highest BCUT2D eigenvalue weighted by Gasteiger charge is 2.36. The second-order valence-electron chi connectivity index (χ2n) is 9.15. The van der Waals surface area contributed by atoms with Gasteiger partial charge in [-0.1, -0.05) is 41.4 Å². The van der Waals surface area contributed by atoms with Crippen LogP contribution in [0.25, 0.3) is 6.08 Å². The van der Waals surface area contributed by atoms with Crippen LogP contribution in [0.2, 0.25) is 5.02 Å². The lowest BCUT2D eigenvalue weighted by Gasteiger charge is -2.30. The Morgan fingerprint density at radius 2 is 1.89 bits per heavy atom. The first-order valence-corrected chi connectivity index (χ1v) is 11.9. The molecule has 3 aromatic carbocycles. The zero-order valence-corrected chi connectivity index (χ0v) is 20.3. The van der Waals surface area contributed by atoms with Gasteiger partial charge in [-0.15, -0.1) is 0 Å². The zero-order valence-electron chi connectivity index (χ0n) is 19.5. The van der Waals surface area contributed by atoms with Gasteiger partial charge in [0, 0.05) is 29.2 Å². The third-order valence-corrected chi connectivity index (χ3v) is 6.72. The van der Waals surface area contributed by atoms with Gasteiger partial charge in [-0.3, -0.25) is 9.69 Å². The van der Waals surface area contributed by atoms with Gasteiger partial charge in [0.15, 0.2) is 12.6 Å². The third kappa shape index (κ3) is 4.08. The summed E-state index contributed by atoms with van der Waals surface area (Å²) in [4.78, 5) is 15.6. The van der Waals surface area contributed by atoms with Gasteiger partial charge in [-0.25, -0.2) is 0 Å². The largest absolute Gasteiger partial charge is 0.478 e. The first-order chi connectivity index (χ1) is 17.0. The minimum Gasteiger partial charge on any atom is -0.478 e. The Bertz CT molecular complexity index is 1380. The summed E-state index contributed by atoms with van der Waals surface area (Å²) in [7, 11) is 0. The summed E-state index contributed by atoms with van der Waals surface area (Å²) >= 11 is 6.32. The molecule has 3 heterocycles. The van der Waals surface area contributed by atoms with E-state index < -0.39 is 0 Å². The van der Waals surface area contributed by atoms with E-state index in [1.165, 1.54) is 11.1 Å². The van der Waals surface area contributed by atoms with E-state index in [1.54, 1.807) is 12.1 Å². The number of benzene rings is 3. The molecule has 0 fully saturated rings. The van der Waals surface area contributed by atoms with Crippen molar-refractivity contribution in [2.45, 2.75) is 33.5 Å². The number of nitrogens with zero attached hydrogens (tertiary/aromatic N) is 1. The zero-order chi connectivity index (χ0) is 24.1. The molecule has 35 heavy (non-hydrogen) atoms. The van der Waals surface area contributed by atoms with E-state index in [1.807, 2.05) is 19.1 Å². The molecule has 6 rings (SSSR count). The van der Waals surface area contributed by atoms with Crippen molar-refractivity contribution in [1.82, 2.24) is 4.90 Å². The van der Waals surface area contributed by atoms with Crippen molar-refractivity contribution < 1.29 is 23.7 Å². The minimum atomic E-state index is -0.156. The summed E-state index contributed by atoms with van der Waals surface area (Å²) in [6.45, 7) is 6.39. The number of carbonyl (C=O) groups is 1. The molecule has 3 aliphatic rings. The Hall–Kier alpha value is -3.32. The normalized spacial score (nSPS) is 17.8. The fourth-order valence-electron chi connectivity index (χ4n) is 4.79. The van der Waals surface area contributed by atoms with E-state index in [4.69, 9.17) is 30.5 Å². The number of allylic oxidation sites excluding steroid dienone is 1. The van der Waals surface area contributed by atoms with Gasteiger partial charge >= 0.3 is 0 Å². The lowest BCUT2D eigenvalue weighted by molar-refractivity contribution is -0.0165. The van der Waals surface area contributed by atoms with Crippen molar-refractivity contribution in [2.24, 2.45) is 0 Å². The fraction of sp³-hybridized carbons (Fsp3) is 0.250. The second kappa shape index (κ2) is 8.72. The van der Waals surface area contributed by atoms with Crippen LogP contribution in [-0.2, 0) is 24.4 Å². The number of ether oxygens (including phenoxy) is 4. The number of Topliss-reactive ketones (excluding diaryl/α,β-unsaturated/α-hetero) is 1. The van der Waals surface area contributed by atoms with Gasteiger partial charge in [0.25, 0.3) is 0 Å². The van der Waals surface area contributed by atoms with Gasteiger partial charge in [0.05, 0.1) is 17.7 Å². The molecule has 0 spiro atoms. The quantitative estimate of drug-likeness (QED) is 0.434. The number of ketones is 1. The van der Waals surface area contributed by atoms with E-state index in [-0.39, 0.29) is 18.3 Å². The fourth-order valence-corrected chi connectivity index (χ4v) is 5.04. The Labute approximate surface area is 208 Å². The summed E-state index contributed by atoms with van der Waals surface area (Å²) in [5, 5.41) is 0.543. The van der Waals surface area contributed by atoms with E-state index in [0.29, 0.717) is 47.5 Å². The standard InChI is InChI=1S/C28H24ClNO5/c1-16-3-5-18(6-4-16)11-30-12-22-23(33-14-30)7-17(2)25-26(31)24(35-28(22)25)10-19-8-21(29)9-20-13-32-15-34-27(19)20/h3-10H,11-15H2,1-2H3/b24-10-. The monoisotopic (exact) mass is 489 g/mol. The molecular formula is C28H24ClNO5. The molecule has 0 amide bonds. The summed E-state index contributed by atoms with van der Waals surface area (Å²) < 4.78 is 23.4. The van der Waals surface area contributed by atoms with Crippen LogP contribution >= 0.6 is 11.6 Å². The first kappa shape index (κ1) is 22.2. The Morgan fingerprint density at radius 3 is 2.71 bits per heavy atom. The number of carbonyl (C=O) groups excluding carboxylic acids is 1. The molecule has 0 N–H and O–H groups in total. The highest BCUT2D eigenvalue weighted by atomic mass is 35.5. The summed E-state index contributed by atoms with van der Waals surface area (Å²) in [5.41, 5.74) is 6.26. The third-order valence-electron chi connectivity index (χ3n) is 6.50. The molecule has 0 bridgehead atoms. The maximum atomic E-state index is 13.4. The average molecular weight is 490 g/mol. The predicted octanol–water partition coefficient (Wildman–Crippen LogP) is 5.79. The van der Waals surface area contributed by atoms with Gasteiger partial charge in [0.1, 0.15) is 24.0 Å². The Balaban J connectivity index is 1.33. The smallest absolute Gasteiger partial charge is 0.232 e. The number of aryl methyl sites for hydroxylation is 2. The Morgan fingerprint density at radius 1 is 1.06 bits per heavy atom. The van der Waals surface area contributed by atoms with Crippen molar-refractivity contribution >= 4 is 23.5 Å². The number of rotatable bonds is 3. The van der Waals surface area contributed by atoms with Crippen LogP contribution < -0.4 is 14.2 Å². The van der Waals surface area contributed by atoms with Crippen LogP contribution in [0.4, 0.5) is 0 Å². The molecule has 3 aromatic rings. The van der Waals surface area contributed by atoms with E-state index in [9.17, 15) is 4.79 Å². The van der Waals surface area contributed by atoms with Crippen LogP contribution in [0.5, 0.6) is 17.2 Å². The number of hydrogen-bond donors (Lipinski definition) is 0. The van der Waals surface area contributed by atoms with E-state index in [0.717, 1.165) is 29.0 Å². The van der Waals surface area contributed by atoms with Crippen LogP contribution in [-0.4, -0.2) is 24.2 Å². The van der Waals surface area contributed by atoms with Crippen LogP contribution in [0, 0.1) is 13.8 Å². The average Bonchev–Trinajstić information content (AvgIpc) is 3.17. The van der Waals surface area contributed by atoms with Crippen molar-refractivity contribution in [2.75, 3.05) is 13.5 Å². The lowest BCUT2D eigenvalue weighted by Crippen LogP contribution is -2.31. The SMILES string of the molecule is Cc1ccc(CN2COc3cc(C)c4c(c3C2)O/C(=C\c2cc(Cl)cc3c2OCOC3)C4=O)cc1. The number of fused-ring (bicyclic) bond motifs is 4. The van der Waals surface area contributed by atoms with Gasteiger partial charge in [-0.2, -0.15) is 0 Å².